The summed E-state index contributed by atoms with van der Waals surface area (Å²) in [5.41, 5.74) is 0.444. The predicted molar refractivity (Wildman–Crippen MR) is 100 cm³/mol. The summed E-state index contributed by atoms with van der Waals surface area (Å²) in [5, 5.41) is 3.28. The Kier molecular flexibility index (Phi) is 5.36. The quantitative estimate of drug-likeness (QED) is 0.655. The summed E-state index contributed by atoms with van der Waals surface area (Å²) >= 11 is 11.7. The highest BCUT2D eigenvalue weighted by Gasteiger charge is 2.19. The number of hydrogen-bond acceptors (Lipinski definition) is 4. The Hall–Kier alpha value is -2.28. The van der Waals surface area contributed by atoms with Crippen molar-refractivity contribution >= 4 is 44.6 Å². The van der Waals surface area contributed by atoms with Crippen molar-refractivity contribution in [1.29, 1.82) is 0 Å². The van der Waals surface area contributed by atoms with Gasteiger partial charge < -0.3 is 9.73 Å². The Morgan fingerprint density at radius 3 is 2.38 bits per heavy atom. The Labute approximate surface area is 160 Å². The van der Waals surface area contributed by atoms with Gasteiger partial charge in [-0.25, -0.2) is 8.42 Å². The van der Waals surface area contributed by atoms with Crippen LogP contribution in [0, 0.1) is 0 Å². The van der Waals surface area contributed by atoms with E-state index in [1.807, 2.05) is 0 Å². The van der Waals surface area contributed by atoms with Crippen molar-refractivity contribution in [2.75, 3.05) is 5.32 Å². The lowest BCUT2D eigenvalue weighted by Gasteiger charge is -2.05. The van der Waals surface area contributed by atoms with E-state index in [0.29, 0.717) is 15.7 Å². The number of anilines is 1. The zero-order chi connectivity index (χ0) is 18.7. The van der Waals surface area contributed by atoms with Gasteiger partial charge in [-0.15, -0.1) is 0 Å². The Bertz CT molecular complexity index is 1050. The maximum absolute atomic E-state index is 12.4. The molecule has 0 fully saturated rings. The van der Waals surface area contributed by atoms with Crippen molar-refractivity contribution in [2.24, 2.45) is 0 Å². The standard InChI is InChI=1S/C18H13Cl2NO4S/c19-15-8-6-12(10-16(15)20)21-18(22)17-9-7-13(25-17)11-26(23,24)14-4-2-1-3-5-14/h1-10H,11H2,(H,21,22). The van der Waals surface area contributed by atoms with Crippen LogP contribution < -0.4 is 5.32 Å². The minimum Gasteiger partial charge on any atom is -0.455 e. The summed E-state index contributed by atoms with van der Waals surface area (Å²) in [6, 6.07) is 15.6. The Morgan fingerprint density at radius 2 is 1.69 bits per heavy atom. The molecule has 0 unspecified atom stereocenters. The average Bonchev–Trinajstić information content (AvgIpc) is 3.07. The predicted octanol–water partition coefficient (Wildman–Crippen LogP) is 4.81. The summed E-state index contributed by atoms with van der Waals surface area (Å²) < 4.78 is 30.1. The molecule has 0 aliphatic rings. The fourth-order valence-electron chi connectivity index (χ4n) is 2.24. The second-order valence-electron chi connectivity index (χ2n) is 5.42. The fraction of sp³-hybridized carbons (Fsp3) is 0.0556. The molecule has 0 saturated carbocycles. The highest BCUT2D eigenvalue weighted by atomic mass is 35.5. The minimum absolute atomic E-state index is 0.00525. The van der Waals surface area contributed by atoms with Gasteiger partial charge >= 0.3 is 0 Å². The molecule has 0 aliphatic carbocycles. The van der Waals surface area contributed by atoms with Crippen molar-refractivity contribution in [1.82, 2.24) is 0 Å². The first-order valence-corrected chi connectivity index (χ1v) is 9.89. The van der Waals surface area contributed by atoms with E-state index >= 15 is 0 Å². The van der Waals surface area contributed by atoms with Crippen molar-refractivity contribution in [3.05, 3.63) is 82.2 Å². The molecule has 0 spiro atoms. The van der Waals surface area contributed by atoms with Crippen LogP contribution in [0.3, 0.4) is 0 Å². The molecule has 1 aromatic heterocycles. The molecule has 5 nitrogen and oxygen atoms in total. The van der Waals surface area contributed by atoms with Crippen LogP contribution in [-0.2, 0) is 15.6 Å². The summed E-state index contributed by atoms with van der Waals surface area (Å²) in [6.45, 7) is 0. The van der Waals surface area contributed by atoms with Gasteiger partial charge in [0.15, 0.2) is 15.6 Å². The van der Waals surface area contributed by atoms with Crippen LogP contribution in [0.25, 0.3) is 0 Å². The number of amides is 1. The van der Waals surface area contributed by atoms with Crippen LogP contribution in [0.1, 0.15) is 16.3 Å². The summed E-state index contributed by atoms with van der Waals surface area (Å²) in [4.78, 5) is 12.4. The number of halogens is 2. The molecule has 0 bridgehead atoms. The van der Waals surface area contributed by atoms with Gasteiger partial charge in [0, 0.05) is 5.69 Å². The monoisotopic (exact) mass is 409 g/mol. The second-order valence-corrected chi connectivity index (χ2v) is 8.23. The number of rotatable bonds is 5. The number of carbonyl (C=O) groups is 1. The average molecular weight is 410 g/mol. The number of sulfone groups is 1. The van der Waals surface area contributed by atoms with E-state index in [9.17, 15) is 13.2 Å². The molecular formula is C18H13Cl2NO4S. The molecule has 2 aromatic carbocycles. The van der Waals surface area contributed by atoms with Gasteiger partial charge in [-0.3, -0.25) is 4.79 Å². The highest BCUT2D eigenvalue weighted by Crippen LogP contribution is 2.25. The normalized spacial score (nSPS) is 11.3. The van der Waals surface area contributed by atoms with Crippen molar-refractivity contribution in [3.63, 3.8) is 0 Å². The summed E-state index contributed by atoms with van der Waals surface area (Å²) in [7, 11) is -3.55. The van der Waals surface area contributed by atoms with Gasteiger partial charge in [0.2, 0.25) is 0 Å². The summed E-state index contributed by atoms with van der Waals surface area (Å²) in [5.74, 6) is -0.689. The van der Waals surface area contributed by atoms with Gasteiger partial charge in [-0.2, -0.15) is 0 Å². The van der Waals surface area contributed by atoms with Crippen LogP contribution >= 0.6 is 23.2 Å². The van der Waals surface area contributed by atoms with E-state index < -0.39 is 15.7 Å². The molecule has 134 valence electrons. The number of hydrogen-bond donors (Lipinski definition) is 1. The molecule has 8 heteroatoms. The zero-order valence-electron chi connectivity index (χ0n) is 13.3. The van der Waals surface area contributed by atoms with E-state index in [0.717, 1.165) is 0 Å². The smallest absolute Gasteiger partial charge is 0.291 e. The lowest BCUT2D eigenvalue weighted by Crippen LogP contribution is -2.11. The number of benzene rings is 2. The molecule has 26 heavy (non-hydrogen) atoms. The maximum Gasteiger partial charge on any atom is 0.291 e. The van der Waals surface area contributed by atoms with Crippen molar-refractivity contribution in [2.45, 2.75) is 10.6 Å². The maximum atomic E-state index is 12.4. The zero-order valence-corrected chi connectivity index (χ0v) is 15.6. The largest absolute Gasteiger partial charge is 0.455 e. The molecule has 1 amide bonds. The van der Waals surface area contributed by atoms with Crippen LogP contribution in [0.2, 0.25) is 10.0 Å². The first kappa shape index (κ1) is 18.5. The third-order valence-electron chi connectivity index (χ3n) is 3.50. The van der Waals surface area contributed by atoms with Gasteiger partial charge in [0.1, 0.15) is 11.5 Å². The molecule has 0 radical (unpaired) electrons. The Morgan fingerprint density at radius 1 is 0.962 bits per heavy atom. The third-order valence-corrected chi connectivity index (χ3v) is 5.89. The van der Waals surface area contributed by atoms with Gasteiger partial charge in [0.05, 0.1) is 14.9 Å². The fourth-order valence-corrected chi connectivity index (χ4v) is 3.81. The Balaban J connectivity index is 1.73. The molecule has 0 aliphatic heterocycles. The topological polar surface area (TPSA) is 76.4 Å². The molecule has 1 heterocycles. The van der Waals surface area contributed by atoms with E-state index in [-0.39, 0.29) is 22.2 Å². The first-order valence-electron chi connectivity index (χ1n) is 7.48. The van der Waals surface area contributed by atoms with E-state index in [1.54, 1.807) is 30.3 Å². The number of furan rings is 1. The molecule has 3 aromatic rings. The van der Waals surface area contributed by atoms with E-state index in [1.165, 1.54) is 30.3 Å². The van der Waals surface area contributed by atoms with Gasteiger partial charge in [0.25, 0.3) is 5.91 Å². The van der Waals surface area contributed by atoms with Crippen molar-refractivity contribution < 1.29 is 17.6 Å². The van der Waals surface area contributed by atoms with E-state index in [4.69, 9.17) is 27.6 Å². The van der Waals surface area contributed by atoms with Crippen LogP contribution in [0.15, 0.2) is 70.0 Å². The van der Waals surface area contributed by atoms with E-state index in [2.05, 4.69) is 5.32 Å². The van der Waals surface area contributed by atoms with Crippen LogP contribution in [-0.4, -0.2) is 14.3 Å². The van der Waals surface area contributed by atoms with Crippen LogP contribution in [0.4, 0.5) is 5.69 Å². The van der Waals surface area contributed by atoms with Crippen molar-refractivity contribution in [3.8, 4) is 0 Å². The highest BCUT2D eigenvalue weighted by molar-refractivity contribution is 7.90. The van der Waals surface area contributed by atoms with Crippen LogP contribution in [0.5, 0.6) is 0 Å². The second kappa shape index (κ2) is 7.53. The molecule has 3 rings (SSSR count). The molecule has 1 N–H and O–H groups in total. The number of carbonyl (C=O) groups excluding carboxylic acids is 1. The lowest BCUT2D eigenvalue weighted by molar-refractivity contribution is 0.0995. The van der Waals surface area contributed by atoms with Gasteiger partial charge in [-0.05, 0) is 42.5 Å². The minimum atomic E-state index is -3.55. The first-order chi connectivity index (χ1) is 12.3. The molecule has 0 saturated heterocycles. The number of nitrogens with one attached hydrogen (secondary N) is 1. The molecular weight excluding hydrogens is 397 g/mol. The summed E-state index contributed by atoms with van der Waals surface area (Å²) in [6.07, 6.45) is 0. The SMILES string of the molecule is O=C(Nc1ccc(Cl)c(Cl)c1)c1ccc(CS(=O)(=O)c2ccccc2)o1. The van der Waals surface area contributed by atoms with Gasteiger partial charge in [-0.1, -0.05) is 41.4 Å². The lowest BCUT2D eigenvalue weighted by atomic mass is 10.3. The molecule has 0 atom stereocenters. The third kappa shape index (κ3) is 4.27.